The summed E-state index contributed by atoms with van der Waals surface area (Å²) in [5.41, 5.74) is -0.490. The van der Waals surface area contributed by atoms with E-state index in [-0.39, 0.29) is 22.0 Å². The van der Waals surface area contributed by atoms with Crippen LogP contribution in [0.5, 0.6) is 0 Å². The van der Waals surface area contributed by atoms with Crippen LogP contribution in [0.15, 0.2) is 57.9 Å². The molecule has 0 saturated carbocycles. The molecule has 11 heteroatoms. The molecule has 1 N–H and O–H groups in total. The third kappa shape index (κ3) is 3.94. The first kappa shape index (κ1) is 20.1. The van der Waals surface area contributed by atoms with E-state index in [9.17, 15) is 22.8 Å². The number of anilines is 1. The van der Waals surface area contributed by atoms with Gasteiger partial charge in [-0.1, -0.05) is 23.9 Å². The lowest BCUT2D eigenvalue weighted by atomic mass is 10.2. The summed E-state index contributed by atoms with van der Waals surface area (Å²) < 4.78 is 42.0. The van der Waals surface area contributed by atoms with E-state index < -0.39 is 28.9 Å². The van der Waals surface area contributed by atoms with Crippen molar-refractivity contribution in [3.63, 3.8) is 0 Å². The highest BCUT2D eigenvalue weighted by Crippen LogP contribution is 2.24. The number of rotatable bonds is 5. The Morgan fingerprint density at radius 1 is 1.17 bits per heavy atom. The molecule has 0 aliphatic rings. The molecular formula is C19H11F3N4O2S2. The van der Waals surface area contributed by atoms with E-state index >= 15 is 0 Å². The van der Waals surface area contributed by atoms with Gasteiger partial charge in [-0.3, -0.25) is 14.2 Å². The molecule has 2 heterocycles. The molecule has 0 aliphatic heterocycles. The number of halogens is 3. The zero-order valence-electron chi connectivity index (χ0n) is 14.9. The molecule has 4 aromatic rings. The number of amides is 1. The summed E-state index contributed by atoms with van der Waals surface area (Å²) in [4.78, 5) is 33.5. The van der Waals surface area contributed by atoms with E-state index in [0.29, 0.717) is 22.8 Å². The Bertz CT molecular complexity index is 1290. The minimum Gasteiger partial charge on any atom is -0.301 e. The maximum atomic E-state index is 13.8. The Hall–Kier alpha value is -3.18. The van der Waals surface area contributed by atoms with Crippen LogP contribution < -0.4 is 10.9 Å². The van der Waals surface area contributed by atoms with Crippen molar-refractivity contribution < 1.29 is 18.0 Å². The zero-order valence-corrected chi connectivity index (χ0v) is 16.6. The highest BCUT2D eigenvalue weighted by atomic mass is 32.2. The number of carbonyl (C=O) groups excluding carboxylic acids is 1. The van der Waals surface area contributed by atoms with E-state index in [1.165, 1.54) is 23.6 Å². The van der Waals surface area contributed by atoms with Gasteiger partial charge in [-0.2, -0.15) is 0 Å². The number of fused-ring (bicyclic) bond motifs is 1. The maximum absolute atomic E-state index is 13.8. The first-order chi connectivity index (χ1) is 14.4. The predicted octanol–water partition coefficient (Wildman–Crippen LogP) is 3.99. The second-order valence-electron chi connectivity index (χ2n) is 5.95. The number of benzene rings is 2. The number of thiazole rings is 1. The monoisotopic (exact) mass is 448 g/mol. The van der Waals surface area contributed by atoms with Crippen LogP contribution in [0.3, 0.4) is 0 Å². The second kappa shape index (κ2) is 8.28. The first-order valence-electron chi connectivity index (χ1n) is 8.43. The number of thioether (sulfide) groups is 1. The third-order valence-electron chi connectivity index (χ3n) is 3.98. The number of hydrogen-bond acceptors (Lipinski definition) is 6. The average Bonchev–Trinajstić information content (AvgIpc) is 3.23. The lowest BCUT2D eigenvalue weighted by Crippen LogP contribution is -2.23. The van der Waals surface area contributed by atoms with Gasteiger partial charge < -0.3 is 5.32 Å². The van der Waals surface area contributed by atoms with Gasteiger partial charge in [0.2, 0.25) is 5.91 Å². The van der Waals surface area contributed by atoms with Gasteiger partial charge in [0, 0.05) is 23.7 Å². The summed E-state index contributed by atoms with van der Waals surface area (Å²) in [6, 6.07) is 7.83. The molecule has 0 bridgehead atoms. The van der Waals surface area contributed by atoms with E-state index in [0.717, 1.165) is 16.3 Å². The van der Waals surface area contributed by atoms with Crippen LogP contribution in [0, 0.1) is 17.5 Å². The molecular weight excluding hydrogens is 437 g/mol. The fourth-order valence-electron chi connectivity index (χ4n) is 2.68. The molecule has 4 rings (SSSR count). The van der Waals surface area contributed by atoms with Gasteiger partial charge in [0.1, 0.15) is 0 Å². The minimum absolute atomic E-state index is 0.0263. The van der Waals surface area contributed by atoms with Crippen molar-refractivity contribution in [1.29, 1.82) is 0 Å². The smallest absolute Gasteiger partial charge is 0.266 e. The average molecular weight is 448 g/mol. The van der Waals surface area contributed by atoms with Crippen molar-refractivity contribution in [2.24, 2.45) is 0 Å². The predicted molar refractivity (Wildman–Crippen MR) is 109 cm³/mol. The number of nitrogens with one attached hydrogen (secondary N) is 1. The van der Waals surface area contributed by atoms with Gasteiger partial charge in [-0.15, -0.1) is 11.3 Å². The Balaban J connectivity index is 1.77. The molecule has 30 heavy (non-hydrogen) atoms. The highest BCUT2D eigenvalue weighted by Gasteiger charge is 2.18. The molecule has 0 fully saturated rings. The Morgan fingerprint density at radius 3 is 2.60 bits per heavy atom. The van der Waals surface area contributed by atoms with E-state index in [1.54, 1.807) is 23.6 Å². The van der Waals surface area contributed by atoms with Crippen LogP contribution in [0.25, 0.3) is 16.6 Å². The summed E-state index contributed by atoms with van der Waals surface area (Å²) in [5.74, 6) is -5.07. The molecule has 0 unspecified atom stereocenters. The second-order valence-corrected chi connectivity index (χ2v) is 7.79. The number of para-hydroxylation sites is 1. The first-order valence-corrected chi connectivity index (χ1v) is 10.3. The minimum atomic E-state index is -1.64. The number of hydrogen-bond donors (Lipinski definition) is 1. The van der Waals surface area contributed by atoms with Crippen molar-refractivity contribution in [3.05, 3.63) is 75.8 Å². The SMILES string of the molecule is O=C(CSc1nc2ccccc2c(=O)n1-c1cc(F)c(F)c(F)c1)Nc1nccs1. The van der Waals surface area contributed by atoms with Crippen molar-refractivity contribution in [2.45, 2.75) is 5.16 Å². The number of carbonyl (C=O) groups is 1. The lowest BCUT2D eigenvalue weighted by molar-refractivity contribution is -0.113. The Morgan fingerprint density at radius 2 is 1.90 bits per heavy atom. The van der Waals surface area contributed by atoms with Crippen LogP contribution in [-0.2, 0) is 4.79 Å². The van der Waals surface area contributed by atoms with Gasteiger partial charge in [-0.05, 0) is 12.1 Å². The molecule has 0 saturated heterocycles. The molecule has 0 spiro atoms. The highest BCUT2D eigenvalue weighted by molar-refractivity contribution is 7.99. The van der Waals surface area contributed by atoms with Crippen molar-refractivity contribution in [2.75, 3.05) is 11.1 Å². The molecule has 1 amide bonds. The van der Waals surface area contributed by atoms with E-state index in [1.807, 2.05) is 0 Å². The molecule has 0 atom stereocenters. The molecule has 152 valence electrons. The van der Waals surface area contributed by atoms with Crippen LogP contribution in [0.1, 0.15) is 0 Å². The molecule has 2 aromatic carbocycles. The van der Waals surface area contributed by atoms with Crippen molar-refractivity contribution >= 4 is 45.0 Å². The molecule has 6 nitrogen and oxygen atoms in total. The van der Waals surface area contributed by atoms with Crippen LogP contribution in [0.4, 0.5) is 18.3 Å². The van der Waals surface area contributed by atoms with Crippen molar-refractivity contribution in [3.8, 4) is 5.69 Å². The third-order valence-corrected chi connectivity index (χ3v) is 5.61. The quantitative estimate of drug-likeness (QED) is 0.284. The maximum Gasteiger partial charge on any atom is 0.266 e. The van der Waals surface area contributed by atoms with Crippen LogP contribution in [-0.4, -0.2) is 26.2 Å². The molecule has 2 aromatic heterocycles. The Kier molecular flexibility index (Phi) is 5.55. The van der Waals surface area contributed by atoms with E-state index in [2.05, 4.69) is 15.3 Å². The fourth-order valence-corrected chi connectivity index (χ4v) is 4.04. The fraction of sp³-hybridized carbons (Fsp3) is 0.0526. The largest absolute Gasteiger partial charge is 0.301 e. The summed E-state index contributed by atoms with van der Waals surface area (Å²) in [6.07, 6.45) is 1.54. The lowest BCUT2D eigenvalue weighted by Gasteiger charge is -2.13. The number of aromatic nitrogens is 3. The van der Waals surface area contributed by atoms with Gasteiger partial charge >= 0.3 is 0 Å². The zero-order chi connectivity index (χ0) is 21.3. The van der Waals surface area contributed by atoms with Gasteiger partial charge in [0.15, 0.2) is 27.7 Å². The van der Waals surface area contributed by atoms with Gasteiger partial charge in [0.05, 0.1) is 22.3 Å². The Labute approximate surface area is 175 Å². The summed E-state index contributed by atoms with van der Waals surface area (Å²) in [7, 11) is 0. The summed E-state index contributed by atoms with van der Waals surface area (Å²) in [6.45, 7) is 0. The van der Waals surface area contributed by atoms with Crippen LogP contribution in [0.2, 0.25) is 0 Å². The van der Waals surface area contributed by atoms with Crippen molar-refractivity contribution in [1.82, 2.24) is 14.5 Å². The topological polar surface area (TPSA) is 76.9 Å². The van der Waals surface area contributed by atoms with E-state index in [4.69, 9.17) is 0 Å². The normalized spacial score (nSPS) is 11.0. The standard InChI is InChI=1S/C19H11F3N4O2S2/c20-12-7-10(8-13(21)16(12)22)26-17(28)11-3-1-2-4-14(11)24-19(26)30-9-15(27)25-18-23-5-6-29-18/h1-8H,9H2,(H,23,25,27). The molecule has 0 aliphatic carbocycles. The number of nitrogens with zero attached hydrogens (tertiary/aromatic N) is 3. The summed E-state index contributed by atoms with van der Waals surface area (Å²) >= 11 is 2.13. The summed E-state index contributed by atoms with van der Waals surface area (Å²) in [5, 5.41) is 4.93. The molecule has 0 radical (unpaired) electrons. The van der Waals surface area contributed by atoms with Gasteiger partial charge in [-0.25, -0.2) is 23.1 Å². The van der Waals surface area contributed by atoms with Gasteiger partial charge in [0.25, 0.3) is 5.56 Å². The van der Waals surface area contributed by atoms with Crippen LogP contribution >= 0.6 is 23.1 Å².